The molecular formula is C72H120N2Ni. The molecule has 0 spiro atoms. The van der Waals surface area contributed by atoms with Crippen molar-refractivity contribution in [2.45, 2.75) is 349 Å². The van der Waals surface area contributed by atoms with Gasteiger partial charge < -0.3 is 0 Å². The molecule has 2 rings (SSSR count). The second-order valence-corrected chi connectivity index (χ2v) is 22.6. The number of aliphatic imine (C=N–C) groups is 2. The van der Waals surface area contributed by atoms with Crippen LogP contribution in [-0.4, -0.2) is 11.4 Å². The van der Waals surface area contributed by atoms with Crippen molar-refractivity contribution in [3.05, 3.63) is 59.7 Å². The molecule has 0 radical (unpaired) electrons. The first-order valence-electron chi connectivity index (χ1n) is 33.0. The van der Waals surface area contributed by atoms with Crippen LogP contribution in [0.15, 0.2) is 58.5 Å². The molecule has 0 bridgehead atoms. The minimum atomic E-state index is 0. The van der Waals surface area contributed by atoms with Gasteiger partial charge in [-0.3, -0.25) is 9.98 Å². The Kier molecular flexibility index (Phi) is 52.7. The normalized spacial score (nSPS) is 11.6. The van der Waals surface area contributed by atoms with E-state index in [-0.39, 0.29) is 16.5 Å². The molecule has 0 saturated heterocycles. The van der Waals surface area contributed by atoms with Crippen molar-refractivity contribution >= 4 is 22.8 Å². The summed E-state index contributed by atoms with van der Waals surface area (Å²) in [5.74, 6) is 13.8. The summed E-state index contributed by atoms with van der Waals surface area (Å²) >= 11 is 0. The molecule has 428 valence electrons. The van der Waals surface area contributed by atoms with E-state index in [0.29, 0.717) is 0 Å². The summed E-state index contributed by atoms with van der Waals surface area (Å²) < 4.78 is 0. The van der Waals surface area contributed by atoms with Gasteiger partial charge in [-0.2, -0.15) is 0 Å². The molecule has 0 aliphatic carbocycles. The van der Waals surface area contributed by atoms with Gasteiger partial charge in [-0.25, -0.2) is 0 Å². The van der Waals surface area contributed by atoms with E-state index in [1.54, 1.807) is 0 Å². The SMILES string of the molecule is CCCCCCCCCCCCCCCCCCCCCCCCC#Cc1cccc(N=C(CC)C(CCCC)=Nc2cccc(C#CCCCCCCCCCCCCCCCCCCCCCCCC)c2)c1.[Ni]. The van der Waals surface area contributed by atoms with Crippen LogP contribution in [0, 0.1) is 23.7 Å². The second kappa shape index (κ2) is 56.1. The van der Waals surface area contributed by atoms with Gasteiger partial charge in [-0.1, -0.05) is 340 Å². The van der Waals surface area contributed by atoms with Crippen LogP contribution in [0.1, 0.15) is 360 Å². The van der Waals surface area contributed by atoms with E-state index in [0.717, 1.165) is 72.4 Å². The first kappa shape index (κ1) is 70.4. The Morgan fingerprint density at radius 1 is 0.307 bits per heavy atom. The number of rotatable bonds is 51. The monoisotopic (exact) mass is 1070 g/mol. The number of hydrogen-bond acceptors (Lipinski definition) is 2. The molecule has 0 saturated carbocycles. The summed E-state index contributed by atoms with van der Waals surface area (Å²) in [5, 5.41) is 0. The predicted molar refractivity (Wildman–Crippen MR) is 334 cm³/mol. The summed E-state index contributed by atoms with van der Waals surface area (Å²) in [6, 6.07) is 17.0. The molecule has 0 aromatic heterocycles. The third kappa shape index (κ3) is 45.0. The third-order valence-corrected chi connectivity index (χ3v) is 15.4. The van der Waals surface area contributed by atoms with E-state index in [2.05, 4.69) is 99.9 Å². The Morgan fingerprint density at radius 3 is 0.827 bits per heavy atom. The summed E-state index contributed by atoms with van der Waals surface area (Å²) in [6.07, 6.45) is 68.5. The largest absolute Gasteiger partial charge is 0.252 e. The maximum Gasteiger partial charge on any atom is 0.0646 e. The van der Waals surface area contributed by atoms with Gasteiger partial charge >= 0.3 is 0 Å². The van der Waals surface area contributed by atoms with Crippen LogP contribution in [0.25, 0.3) is 0 Å². The molecule has 2 aromatic rings. The molecule has 75 heavy (non-hydrogen) atoms. The zero-order valence-electron chi connectivity index (χ0n) is 50.2. The minimum absolute atomic E-state index is 0. The Labute approximate surface area is 478 Å². The van der Waals surface area contributed by atoms with Crippen molar-refractivity contribution in [1.29, 1.82) is 0 Å². The Balaban J connectivity index is 0.0000281. The van der Waals surface area contributed by atoms with Crippen molar-refractivity contribution in [2.24, 2.45) is 9.98 Å². The molecule has 0 aliphatic rings. The Morgan fingerprint density at radius 2 is 0.560 bits per heavy atom. The van der Waals surface area contributed by atoms with E-state index in [1.165, 1.54) is 283 Å². The molecular weight excluding hydrogens is 951 g/mol. The topological polar surface area (TPSA) is 24.7 Å². The molecule has 0 heterocycles. The first-order valence-corrected chi connectivity index (χ1v) is 33.0. The van der Waals surface area contributed by atoms with Crippen LogP contribution in [0.4, 0.5) is 11.4 Å². The van der Waals surface area contributed by atoms with Crippen LogP contribution in [-0.2, 0) is 16.5 Å². The van der Waals surface area contributed by atoms with E-state index >= 15 is 0 Å². The average Bonchev–Trinajstić information content (AvgIpc) is 3.41. The van der Waals surface area contributed by atoms with Gasteiger partial charge in [0.05, 0.1) is 22.8 Å². The maximum atomic E-state index is 5.22. The summed E-state index contributed by atoms with van der Waals surface area (Å²) in [5.41, 5.74) is 6.22. The number of unbranched alkanes of at least 4 members (excludes halogenated alkanes) is 45. The molecule has 0 aliphatic heterocycles. The maximum absolute atomic E-state index is 5.22. The van der Waals surface area contributed by atoms with E-state index in [1.807, 2.05) is 0 Å². The minimum Gasteiger partial charge on any atom is -0.252 e. The van der Waals surface area contributed by atoms with Crippen LogP contribution in [0.2, 0.25) is 0 Å². The van der Waals surface area contributed by atoms with Gasteiger partial charge in [0.15, 0.2) is 0 Å². The molecule has 0 atom stereocenters. The van der Waals surface area contributed by atoms with Crippen molar-refractivity contribution in [1.82, 2.24) is 0 Å². The zero-order chi connectivity index (χ0) is 52.7. The van der Waals surface area contributed by atoms with E-state index < -0.39 is 0 Å². The van der Waals surface area contributed by atoms with Gasteiger partial charge in [-0.15, -0.1) is 0 Å². The van der Waals surface area contributed by atoms with Crippen molar-refractivity contribution in [2.75, 3.05) is 0 Å². The standard InChI is InChI=1S/C72H120N2.Ni/c1-5-9-12-14-16-18-20-22-24-26-28-30-32-34-36-38-40-42-44-46-48-50-52-54-58-67-60-56-62-69(65-67)73-71(8-4)72(64-11-7-3)74-70-63-57-61-68(66-70)59-55-53-51-49-47-45-43-41-39-37-35-33-31-29-27-25-23-21-19-17-15-13-10-6-2;/h56-57,60-63,65-66H,5-53,64H2,1-4H3;. The molecule has 0 fully saturated rings. The number of nitrogens with zero attached hydrogens (tertiary/aromatic N) is 2. The van der Waals surface area contributed by atoms with Crippen molar-refractivity contribution in [3.63, 3.8) is 0 Å². The molecule has 0 unspecified atom stereocenters. The van der Waals surface area contributed by atoms with Crippen LogP contribution in [0.5, 0.6) is 0 Å². The van der Waals surface area contributed by atoms with Crippen LogP contribution >= 0.6 is 0 Å². The van der Waals surface area contributed by atoms with Crippen LogP contribution in [0.3, 0.4) is 0 Å². The summed E-state index contributed by atoms with van der Waals surface area (Å²) in [7, 11) is 0. The average molecular weight is 1070 g/mol. The van der Waals surface area contributed by atoms with Gasteiger partial charge in [0.25, 0.3) is 0 Å². The third-order valence-electron chi connectivity index (χ3n) is 15.4. The van der Waals surface area contributed by atoms with Crippen molar-refractivity contribution in [3.8, 4) is 23.7 Å². The summed E-state index contributed by atoms with van der Waals surface area (Å²) in [4.78, 5) is 10.4. The van der Waals surface area contributed by atoms with Gasteiger partial charge in [0.1, 0.15) is 0 Å². The predicted octanol–water partition coefficient (Wildman–Crippen LogP) is 24.8. The van der Waals surface area contributed by atoms with E-state index in [4.69, 9.17) is 9.98 Å². The summed E-state index contributed by atoms with van der Waals surface area (Å²) in [6.45, 7) is 9.07. The number of benzene rings is 2. The number of hydrogen-bond donors (Lipinski definition) is 0. The van der Waals surface area contributed by atoms with Gasteiger partial charge in [0.2, 0.25) is 0 Å². The fourth-order valence-electron chi connectivity index (χ4n) is 10.5. The first-order chi connectivity index (χ1) is 36.7. The van der Waals surface area contributed by atoms with Gasteiger partial charge in [-0.05, 0) is 68.5 Å². The molecule has 2 aromatic carbocycles. The van der Waals surface area contributed by atoms with Gasteiger partial charge in [0, 0.05) is 40.5 Å². The Bertz CT molecular complexity index is 1730. The second-order valence-electron chi connectivity index (χ2n) is 22.6. The molecule has 0 N–H and O–H groups in total. The fourth-order valence-corrected chi connectivity index (χ4v) is 10.5. The Hall–Kier alpha value is -2.61. The fraction of sp³-hybridized carbons (Fsp3) is 0.750. The van der Waals surface area contributed by atoms with E-state index in [9.17, 15) is 0 Å². The molecule has 2 nitrogen and oxygen atoms in total. The quantitative estimate of drug-likeness (QED) is 0.0273. The molecule has 3 heteroatoms. The molecule has 0 amide bonds. The smallest absolute Gasteiger partial charge is 0.0646 e. The zero-order valence-corrected chi connectivity index (χ0v) is 51.2. The van der Waals surface area contributed by atoms with Crippen LogP contribution < -0.4 is 0 Å². The van der Waals surface area contributed by atoms with Crippen molar-refractivity contribution < 1.29 is 16.5 Å².